The zero-order valence-corrected chi connectivity index (χ0v) is 28.6. The van der Waals surface area contributed by atoms with E-state index in [0.717, 1.165) is 10.6 Å². The number of fused-ring (bicyclic) bond motifs is 2. The van der Waals surface area contributed by atoms with Crippen LogP contribution in [0.15, 0.2) is 46.2 Å². The van der Waals surface area contributed by atoms with Crippen LogP contribution in [-0.4, -0.2) is 59.2 Å². The largest absolute Gasteiger partial charge is 0.443 e. The van der Waals surface area contributed by atoms with E-state index in [1.54, 1.807) is 76.1 Å². The minimum atomic E-state index is -1.22. The van der Waals surface area contributed by atoms with Crippen molar-refractivity contribution in [2.75, 3.05) is 11.9 Å². The van der Waals surface area contributed by atoms with Crippen molar-refractivity contribution in [2.45, 2.75) is 65.3 Å². The molecule has 0 amide bonds. The summed E-state index contributed by atoms with van der Waals surface area (Å²) in [7, 11) is 2.01. The zero-order chi connectivity index (χ0) is 32.8. The number of nitrogens with one attached hydrogen (secondary N) is 1. The standard InChI is InChI=1S/C30H39ClN8O5Si/c1-30(2,3)44-29(42)39-19(16-20-21(31)10-9-11-22(20)39)17-38-25(40)23-24(36(5)28(38)41)33-27(35(23)4)34-26-32-12-13-37(26)18-43-14-15-45(6,7)8/h9-13,16H,14-15,17-18H2,1-8H3,(H,32,33,34). The summed E-state index contributed by atoms with van der Waals surface area (Å²) in [5.74, 6) is 0.796. The lowest BCUT2D eigenvalue weighted by atomic mass is 10.2. The molecule has 5 aromatic rings. The summed E-state index contributed by atoms with van der Waals surface area (Å²) in [4.78, 5) is 49.8. The van der Waals surface area contributed by atoms with Crippen molar-refractivity contribution < 1.29 is 14.3 Å². The van der Waals surface area contributed by atoms with E-state index in [-0.39, 0.29) is 17.7 Å². The number of halogens is 1. The van der Waals surface area contributed by atoms with Gasteiger partial charge in [0.15, 0.2) is 11.2 Å². The van der Waals surface area contributed by atoms with Crippen LogP contribution in [0.3, 0.4) is 0 Å². The van der Waals surface area contributed by atoms with Crippen molar-refractivity contribution in [3.05, 3.63) is 68.2 Å². The number of aryl methyl sites for hydroxylation is 2. The molecular weight excluding hydrogens is 616 g/mol. The molecule has 1 aromatic carbocycles. The van der Waals surface area contributed by atoms with Crippen LogP contribution < -0.4 is 16.6 Å². The topological polar surface area (TPSA) is 132 Å². The van der Waals surface area contributed by atoms with Crippen LogP contribution in [0.5, 0.6) is 0 Å². The molecule has 0 saturated heterocycles. The number of aromatic nitrogens is 7. The molecule has 240 valence electrons. The highest BCUT2D eigenvalue weighted by molar-refractivity contribution is 6.76. The smallest absolute Gasteiger partial charge is 0.419 e. The van der Waals surface area contributed by atoms with Gasteiger partial charge >= 0.3 is 11.8 Å². The summed E-state index contributed by atoms with van der Waals surface area (Å²) < 4.78 is 18.7. The van der Waals surface area contributed by atoms with E-state index < -0.39 is 31.0 Å². The maximum Gasteiger partial charge on any atom is 0.419 e. The predicted octanol–water partition coefficient (Wildman–Crippen LogP) is 5.13. The summed E-state index contributed by atoms with van der Waals surface area (Å²) in [6, 6.07) is 7.90. The molecule has 1 N–H and O–H groups in total. The van der Waals surface area contributed by atoms with Crippen molar-refractivity contribution in [3.8, 4) is 0 Å². The first-order chi connectivity index (χ1) is 21.1. The maximum atomic E-state index is 13.9. The third kappa shape index (κ3) is 6.62. The van der Waals surface area contributed by atoms with Gasteiger partial charge in [-0.05, 0) is 45.0 Å². The van der Waals surface area contributed by atoms with Gasteiger partial charge in [0.1, 0.15) is 12.3 Å². The molecule has 0 saturated carbocycles. The van der Waals surface area contributed by atoms with E-state index in [2.05, 4.69) is 34.9 Å². The zero-order valence-electron chi connectivity index (χ0n) is 26.8. The Bertz CT molecular complexity index is 2020. The second-order valence-corrected chi connectivity index (χ2v) is 19.2. The summed E-state index contributed by atoms with van der Waals surface area (Å²) in [5, 5.41) is 4.19. The Morgan fingerprint density at radius 3 is 2.51 bits per heavy atom. The minimum absolute atomic E-state index is 0.196. The third-order valence-corrected chi connectivity index (χ3v) is 9.32. The van der Waals surface area contributed by atoms with Crippen LogP contribution in [0.4, 0.5) is 16.7 Å². The number of nitrogens with zero attached hydrogens (tertiary/aromatic N) is 7. The van der Waals surface area contributed by atoms with E-state index in [1.165, 1.54) is 9.13 Å². The number of ether oxygens (including phenoxy) is 2. The minimum Gasteiger partial charge on any atom is -0.443 e. The number of anilines is 2. The van der Waals surface area contributed by atoms with Gasteiger partial charge in [0, 0.05) is 51.6 Å². The molecule has 0 spiro atoms. The van der Waals surface area contributed by atoms with Gasteiger partial charge in [0.2, 0.25) is 11.9 Å². The van der Waals surface area contributed by atoms with Gasteiger partial charge in [-0.15, -0.1) is 0 Å². The fraction of sp³-hybridized carbons (Fsp3) is 0.433. The van der Waals surface area contributed by atoms with Crippen LogP contribution in [-0.2, 0) is 36.8 Å². The Labute approximate surface area is 266 Å². The molecule has 0 radical (unpaired) electrons. The summed E-state index contributed by atoms with van der Waals surface area (Å²) in [6.07, 6.45) is 2.79. The molecule has 15 heteroatoms. The average Bonchev–Trinajstić information content (AvgIpc) is 3.63. The summed E-state index contributed by atoms with van der Waals surface area (Å²) >= 11 is 6.46. The number of carbonyl (C=O) groups is 1. The van der Waals surface area contributed by atoms with Crippen LogP contribution in [0, 0.1) is 0 Å². The van der Waals surface area contributed by atoms with E-state index in [9.17, 15) is 14.4 Å². The van der Waals surface area contributed by atoms with Crippen molar-refractivity contribution in [1.82, 2.24) is 32.8 Å². The van der Waals surface area contributed by atoms with Crippen LogP contribution >= 0.6 is 11.6 Å². The Kier molecular flexibility index (Phi) is 8.59. The van der Waals surface area contributed by atoms with Crippen molar-refractivity contribution in [1.29, 1.82) is 0 Å². The highest BCUT2D eigenvalue weighted by Gasteiger charge is 2.25. The molecule has 0 aliphatic carbocycles. The van der Waals surface area contributed by atoms with Crippen molar-refractivity contribution >= 4 is 59.7 Å². The first kappa shape index (κ1) is 32.3. The summed E-state index contributed by atoms with van der Waals surface area (Å²) in [5.41, 5.74) is -0.675. The van der Waals surface area contributed by atoms with Gasteiger partial charge in [-0.3, -0.25) is 23.8 Å². The SMILES string of the molecule is Cn1c(Nc2nccn2COCC[Si](C)(C)C)nc2c1c(=O)n(Cc1cc3c(Cl)cccc3n1C(=O)OC(C)(C)C)c(=O)n2C. The fourth-order valence-electron chi connectivity index (χ4n) is 4.92. The lowest BCUT2D eigenvalue weighted by molar-refractivity contribution is 0.0539. The number of benzene rings is 1. The lowest BCUT2D eigenvalue weighted by Gasteiger charge is -2.21. The predicted molar refractivity (Wildman–Crippen MR) is 178 cm³/mol. The van der Waals surface area contributed by atoms with Gasteiger partial charge in [-0.1, -0.05) is 37.3 Å². The molecule has 13 nitrogen and oxygen atoms in total. The van der Waals surface area contributed by atoms with Gasteiger partial charge in [0.05, 0.1) is 17.8 Å². The lowest BCUT2D eigenvalue weighted by Crippen LogP contribution is -2.40. The number of imidazole rings is 2. The third-order valence-electron chi connectivity index (χ3n) is 7.29. The first-order valence-electron chi connectivity index (χ1n) is 14.6. The molecular formula is C30H39ClN8O5Si. The highest BCUT2D eigenvalue weighted by atomic mass is 35.5. The second-order valence-electron chi connectivity index (χ2n) is 13.2. The van der Waals surface area contributed by atoms with Crippen LogP contribution in [0.2, 0.25) is 30.7 Å². The van der Waals surface area contributed by atoms with E-state index in [1.807, 2.05) is 4.57 Å². The molecule has 4 aromatic heterocycles. The number of hydrogen-bond donors (Lipinski definition) is 1. The maximum absolute atomic E-state index is 13.9. The Morgan fingerprint density at radius 1 is 1.09 bits per heavy atom. The molecule has 0 fully saturated rings. The van der Waals surface area contributed by atoms with E-state index >= 15 is 0 Å². The highest BCUT2D eigenvalue weighted by Crippen LogP contribution is 2.28. The average molecular weight is 655 g/mol. The van der Waals surface area contributed by atoms with E-state index in [4.69, 9.17) is 21.1 Å². The fourth-order valence-corrected chi connectivity index (χ4v) is 5.91. The van der Waals surface area contributed by atoms with Crippen LogP contribution in [0.25, 0.3) is 22.1 Å². The molecule has 0 atom stereocenters. The molecule has 45 heavy (non-hydrogen) atoms. The Morgan fingerprint density at radius 2 is 1.82 bits per heavy atom. The molecule has 0 aliphatic rings. The normalized spacial score (nSPS) is 12.4. The van der Waals surface area contributed by atoms with E-state index in [0.29, 0.717) is 46.9 Å². The molecule has 0 aliphatic heterocycles. The molecule has 0 bridgehead atoms. The number of hydrogen-bond acceptors (Lipinski definition) is 8. The van der Waals surface area contributed by atoms with Gasteiger partial charge in [0.25, 0.3) is 5.56 Å². The van der Waals surface area contributed by atoms with Crippen molar-refractivity contribution in [3.63, 3.8) is 0 Å². The van der Waals surface area contributed by atoms with Gasteiger partial charge < -0.3 is 14.0 Å². The molecule has 4 heterocycles. The Hall–Kier alpha value is -4.14. The van der Waals surface area contributed by atoms with Gasteiger partial charge in [-0.2, -0.15) is 4.98 Å². The molecule has 5 rings (SSSR count). The second kappa shape index (κ2) is 12.0. The van der Waals surface area contributed by atoms with Crippen molar-refractivity contribution in [2.24, 2.45) is 14.1 Å². The number of rotatable bonds is 9. The Balaban J connectivity index is 1.52. The van der Waals surface area contributed by atoms with Crippen LogP contribution in [0.1, 0.15) is 26.5 Å². The monoisotopic (exact) mass is 654 g/mol. The molecule has 0 unspecified atom stereocenters. The number of carbonyl (C=O) groups excluding carboxylic acids is 1. The quantitative estimate of drug-likeness (QED) is 0.171. The first-order valence-corrected chi connectivity index (χ1v) is 18.7. The van der Waals surface area contributed by atoms with Gasteiger partial charge in [-0.25, -0.2) is 19.1 Å². The summed E-state index contributed by atoms with van der Waals surface area (Å²) in [6.45, 7) is 12.9.